The van der Waals surface area contributed by atoms with E-state index in [1.807, 2.05) is 25.1 Å². The largest absolute Gasteiger partial charge is 0.344 e. The van der Waals surface area contributed by atoms with Crippen molar-refractivity contribution < 1.29 is 0 Å². The average Bonchev–Trinajstić information content (AvgIpc) is 1.90. The Bertz CT molecular complexity index is 146. The van der Waals surface area contributed by atoms with E-state index in [-0.39, 0.29) is 6.15 Å². The Morgan fingerprint density at radius 1 is 1.11 bits per heavy atom. The third-order valence-electron chi connectivity index (χ3n) is 1.13. The molecule has 0 unspecified atom stereocenters. The SMILES string of the molecule is C[CH]c1ccccc1.N. The Balaban J connectivity index is 0.000000640. The summed E-state index contributed by atoms with van der Waals surface area (Å²) in [6, 6.07) is 10.3. The zero-order chi connectivity index (χ0) is 5.82. The summed E-state index contributed by atoms with van der Waals surface area (Å²) >= 11 is 0. The Hall–Kier alpha value is -0.820. The summed E-state index contributed by atoms with van der Waals surface area (Å²) in [7, 11) is 0. The molecule has 0 spiro atoms. The van der Waals surface area contributed by atoms with Crippen LogP contribution in [-0.4, -0.2) is 0 Å². The van der Waals surface area contributed by atoms with Gasteiger partial charge in [-0.2, -0.15) is 0 Å². The molecular weight excluding hydrogens is 110 g/mol. The van der Waals surface area contributed by atoms with Crippen molar-refractivity contribution in [1.29, 1.82) is 0 Å². The van der Waals surface area contributed by atoms with E-state index in [1.54, 1.807) is 0 Å². The molecule has 49 valence electrons. The lowest BCUT2D eigenvalue weighted by atomic mass is 10.2. The van der Waals surface area contributed by atoms with Gasteiger partial charge in [-0.1, -0.05) is 37.3 Å². The Morgan fingerprint density at radius 2 is 1.67 bits per heavy atom. The molecular formula is C8H12N. The molecule has 1 radical (unpaired) electrons. The van der Waals surface area contributed by atoms with Crippen LogP contribution >= 0.6 is 0 Å². The minimum Gasteiger partial charge on any atom is -0.344 e. The zero-order valence-electron chi connectivity index (χ0n) is 5.67. The van der Waals surface area contributed by atoms with Crippen LogP contribution in [0.3, 0.4) is 0 Å². The predicted molar refractivity (Wildman–Crippen MR) is 40.5 cm³/mol. The van der Waals surface area contributed by atoms with Crippen LogP contribution in [0.4, 0.5) is 0 Å². The molecule has 0 saturated heterocycles. The van der Waals surface area contributed by atoms with Crippen molar-refractivity contribution >= 4 is 0 Å². The van der Waals surface area contributed by atoms with Gasteiger partial charge >= 0.3 is 0 Å². The molecule has 0 aliphatic heterocycles. The molecule has 0 heterocycles. The van der Waals surface area contributed by atoms with Crippen LogP contribution in [0.1, 0.15) is 12.5 Å². The lowest BCUT2D eigenvalue weighted by Gasteiger charge is -1.89. The van der Waals surface area contributed by atoms with Crippen LogP contribution in [0.2, 0.25) is 0 Å². The lowest BCUT2D eigenvalue weighted by Crippen LogP contribution is -1.70. The minimum absolute atomic E-state index is 0. The number of hydrogen-bond acceptors (Lipinski definition) is 1. The summed E-state index contributed by atoms with van der Waals surface area (Å²) in [4.78, 5) is 0. The smallest absolute Gasteiger partial charge is 0.0124 e. The van der Waals surface area contributed by atoms with E-state index in [4.69, 9.17) is 0 Å². The van der Waals surface area contributed by atoms with E-state index in [2.05, 4.69) is 18.6 Å². The van der Waals surface area contributed by atoms with Crippen molar-refractivity contribution in [1.82, 2.24) is 6.15 Å². The first-order chi connectivity index (χ1) is 3.93. The first-order valence-corrected chi connectivity index (χ1v) is 2.78. The molecule has 1 aromatic carbocycles. The van der Waals surface area contributed by atoms with Gasteiger partial charge in [-0.3, -0.25) is 0 Å². The molecule has 0 fully saturated rings. The molecule has 0 bridgehead atoms. The van der Waals surface area contributed by atoms with Gasteiger partial charge in [0.15, 0.2) is 0 Å². The summed E-state index contributed by atoms with van der Waals surface area (Å²) in [5.74, 6) is 0. The van der Waals surface area contributed by atoms with Crippen molar-refractivity contribution in [2.75, 3.05) is 0 Å². The summed E-state index contributed by atoms with van der Waals surface area (Å²) in [5, 5.41) is 0. The van der Waals surface area contributed by atoms with Crippen LogP contribution in [0.25, 0.3) is 0 Å². The molecule has 0 aromatic heterocycles. The fourth-order valence-electron chi connectivity index (χ4n) is 0.645. The van der Waals surface area contributed by atoms with E-state index < -0.39 is 0 Å². The van der Waals surface area contributed by atoms with Gasteiger partial charge in [0.25, 0.3) is 0 Å². The standard InChI is InChI=1S/C8H9.H3N/c1-2-8-6-4-3-5-7-8;/h2-7H,1H3;1H3. The second kappa shape index (κ2) is 4.10. The van der Waals surface area contributed by atoms with Crippen LogP contribution in [-0.2, 0) is 0 Å². The van der Waals surface area contributed by atoms with Crippen molar-refractivity contribution in [3.8, 4) is 0 Å². The first-order valence-electron chi connectivity index (χ1n) is 2.78. The first kappa shape index (κ1) is 8.18. The molecule has 0 amide bonds. The summed E-state index contributed by atoms with van der Waals surface area (Å²) < 4.78 is 0. The molecule has 3 N–H and O–H groups in total. The fraction of sp³-hybridized carbons (Fsp3) is 0.125. The quantitative estimate of drug-likeness (QED) is 0.610. The summed E-state index contributed by atoms with van der Waals surface area (Å²) in [6.45, 7) is 2.04. The Kier molecular flexibility index (Phi) is 3.72. The third-order valence-corrected chi connectivity index (χ3v) is 1.13. The number of benzene rings is 1. The molecule has 0 atom stereocenters. The van der Waals surface area contributed by atoms with Crippen molar-refractivity contribution in [3.63, 3.8) is 0 Å². The highest BCUT2D eigenvalue weighted by molar-refractivity contribution is 5.20. The van der Waals surface area contributed by atoms with Gasteiger partial charge in [0.05, 0.1) is 0 Å². The van der Waals surface area contributed by atoms with Gasteiger partial charge in [0.1, 0.15) is 0 Å². The van der Waals surface area contributed by atoms with Crippen LogP contribution < -0.4 is 6.15 Å². The maximum Gasteiger partial charge on any atom is -0.0124 e. The van der Waals surface area contributed by atoms with Gasteiger partial charge in [0.2, 0.25) is 0 Å². The fourth-order valence-corrected chi connectivity index (χ4v) is 0.645. The highest BCUT2D eigenvalue weighted by atomic mass is 14.0. The van der Waals surface area contributed by atoms with E-state index in [1.165, 1.54) is 5.56 Å². The van der Waals surface area contributed by atoms with Gasteiger partial charge in [-0.05, 0) is 12.0 Å². The molecule has 0 saturated carbocycles. The lowest BCUT2D eigenvalue weighted by molar-refractivity contribution is 1.43. The predicted octanol–water partition coefficient (Wildman–Crippen LogP) is 2.42. The second-order valence-electron chi connectivity index (χ2n) is 1.70. The van der Waals surface area contributed by atoms with Gasteiger partial charge in [-0.25, -0.2) is 0 Å². The van der Waals surface area contributed by atoms with Crippen molar-refractivity contribution in [3.05, 3.63) is 42.3 Å². The molecule has 9 heavy (non-hydrogen) atoms. The Morgan fingerprint density at radius 3 is 2.00 bits per heavy atom. The van der Waals surface area contributed by atoms with Crippen LogP contribution in [0.15, 0.2) is 30.3 Å². The topological polar surface area (TPSA) is 35.0 Å². The molecule has 1 aromatic rings. The highest BCUT2D eigenvalue weighted by Crippen LogP contribution is 1.98. The summed E-state index contributed by atoms with van der Waals surface area (Å²) in [5.41, 5.74) is 1.28. The van der Waals surface area contributed by atoms with Crippen LogP contribution in [0, 0.1) is 6.42 Å². The van der Waals surface area contributed by atoms with Gasteiger partial charge in [0, 0.05) is 0 Å². The molecule has 1 nitrogen and oxygen atoms in total. The van der Waals surface area contributed by atoms with E-state index in [0.717, 1.165) is 0 Å². The van der Waals surface area contributed by atoms with Gasteiger partial charge < -0.3 is 6.15 Å². The normalized spacial score (nSPS) is 8.11. The molecule has 0 aliphatic carbocycles. The molecule has 0 aliphatic rings. The van der Waals surface area contributed by atoms with Gasteiger partial charge in [-0.15, -0.1) is 0 Å². The highest BCUT2D eigenvalue weighted by Gasteiger charge is 1.80. The number of hydrogen-bond donors (Lipinski definition) is 1. The van der Waals surface area contributed by atoms with E-state index in [9.17, 15) is 0 Å². The van der Waals surface area contributed by atoms with E-state index in [0.29, 0.717) is 0 Å². The van der Waals surface area contributed by atoms with Crippen molar-refractivity contribution in [2.24, 2.45) is 0 Å². The maximum atomic E-state index is 2.08. The number of rotatable bonds is 1. The monoisotopic (exact) mass is 122 g/mol. The van der Waals surface area contributed by atoms with Crippen molar-refractivity contribution in [2.45, 2.75) is 6.92 Å². The zero-order valence-corrected chi connectivity index (χ0v) is 5.67. The minimum atomic E-state index is 0. The second-order valence-corrected chi connectivity index (χ2v) is 1.70. The molecule has 1 heteroatoms. The van der Waals surface area contributed by atoms with E-state index >= 15 is 0 Å². The average molecular weight is 122 g/mol. The maximum absolute atomic E-state index is 2.08. The van der Waals surface area contributed by atoms with Crippen LogP contribution in [0.5, 0.6) is 0 Å². The third kappa shape index (κ3) is 2.29. The summed E-state index contributed by atoms with van der Waals surface area (Å²) in [6.07, 6.45) is 2.08. The molecule has 1 rings (SSSR count). The Labute approximate surface area is 56.3 Å².